The van der Waals surface area contributed by atoms with Gasteiger partial charge in [0.2, 0.25) is 5.88 Å². The molecule has 1 aliphatic heterocycles. The van der Waals surface area contributed by atoms with Gasteiger partial charge < -0.3 is 30.5 Å². The summed E-state index contributed by atoms with van der Waals surface area (Å²) in [6, 6.07) is 5.14. The number of nitrogens with zero attached hydrogens (tertiary/aromatic N) is 6. The van der Waals surface area contributed by atoms with E-state index in [1.165, 1.54) is 6.33 Å². The van der Waals surface area contributed by atoms with Crippen LogP contribution < -0.4 is 20.7 Å². The van der Waals surface area contributed by atoms with Gasteiger partial charge in [0.25, 0.3) is 0 Å². The fourth-order valence-electron chi connectivity index (χ4n) is 3.77. The largest absolute Gasteiger partial charge is 0.508 e. The lowest BCUT2D eigenvalue weighted by molar-refractivity contribution is 0.122. The number of aromatic nitrogens is 5. The Kier molecular flexibility index (Phi) is 5.68. The number of phenolic OH excluding ortho intramolecular Hbond substituents is 1. The molecule has 0 bridgehead atoms. The van der Waals surface area contributed by atoms with Gasteiger partial charge in [0, 0.05) is 24.7 Å². The zero-order chi connectivity index (χ0) is 23.7. The number of pyridine rings is 1. The Bertz CT molecular complexity index is 1360. The van der Waals surface area contributed by atoms with E-state index < -0.39 is 0 Å². The Hall–Kier alpha value is -4.25. The van der Waals surface area contributed by atoms with Crippen LogP contribution in [0.4, 0.5) is 23.3 Å². The Morgan fingerprint density at radius 2 is 1.91 bits per heavy atom. The maximum Gasteiger partial charge on any atom is 0.234 e. The molecule has 0 amide bonds. The SMILES string of the molecule is Cc1ccc(O)c(C)c1Oc1nc(Nc2cncc(N3CCOCC3)n2)cc2ncnc(N)c12. The molecule has 4 heterocycles. The van der Waals surface area contributed by atoms with E-state index in [4.69, 9.17) is 15.2 Å². The quantitative estimate of drug-likeness (QED) is 0.404. The maximum atomic E-state index is 10.2. The van der Waals surface area contributed by atoms with Gasteiger partial charge in [0.15, 0.2) is 5.82 Å². The first-order valence-electron chi connectivity index (χ1n) is 10.8. The predicted molar refractivity (Wildman–Crippen MR) is 128 cm³/mol. The highest BCUT2D eigenvalue weighted by molar-refractivity contribution is 5.94. The highest BCUT2D eigenvalue weighted by Gasteiger charge is 2.18. The summed E-state index contributed by atoms with van der Waals surface area (Å²) in [7, 11) is 0. The van der Waals surface area contributed by atoms with Gasteiger partial charge in [0.05, 0.1) is 31.1 Å². The lowest BCUT2D eigenvalue weighted by Gasteiger charge is -2.27. The molecule has 4 aromatic rings. The summed E-state index contributed by atoms with van der Waals surface area (Å²) in [5.41, 5.74) is 8.12. The molecule has 1 saturated heterocycles. The molecule has 0 aliphatic carbocycles. The third kappa shape index (κ3) is 4.20. The number of phenols is 1. The molecule has 5 rings (SSSR count). The standard InChI is InChI=1S/C23H24N8O3/c1-13-3-4-16(32)14(2)21(13)34-23-20-15(26-12-27-22(20)24)9-17(30-23)28-18-10-25-11-19(29-18)31-5-7-33-8-6-31/h3-4,9-12,32H,5-8H2,1-2H3,(H2,24,26,27)(H,28,29,30). The molecular weight excluding hydrogens is 436 g/mol. The number of morpholine rings is 1. The molecule has 3 aromatic heterocycles. The van der Waals surface area contributed by atoms with E-state index in [1.54, 1.807) is 37.5 Å². The minimum Gasteiger partial charge on any atom is -0.508 e. The van der Waals surface area contributed by atoms with Gasteiger partial charge in [-0.1, -0.05) is 6.07 Å². The van der Waals surface area contributed by atoms with Crippen molar-refractivity contribution >= 4 is 34.2 Å². The number of benzene rings is 1. The topological polar surface area (TPSA) is 144 Å². The maximum absolute atomic E-state index is 10.2. The second-order valence-corrected chi connectivity index (χ2v) is 7.91. The summed E-state index contributed by atoms with van der Waals surface area (Å²) in [4.78, 5) is 24.2. The Morgan fingerprint density at radius 3 is 2.74 bits per heavy atom. The molecule has 174 valence electrons. The second-order valence-electron chi connectivity index (χ2n) is 7.91. The molecule has 1 fully saturated rings. The molecule has 11 heteroatoms. The zero-order valence-corrected chi connectivity index (χ0v) is 18.8. The number of aryl methyl sites for hydroxylation is 1. The number of hydrogen-bond donors (Lipinski definition) is 3. The van der Waals surface area contributed by atoms with Gasteiger partial charge >= 0.3 is 0 Å². The highest BCUT2D eigenvalue weighted by atomic mass is 16.5. The number of fused-ring (bicyclic) bond motifs is 1. The van der Waals surface area contributed by atoms with Crippen LogP contribution in [-0.4, -0.2) is 56.3 Å². The number of hydrogen-bond acceptors (Lipinski definition) is 11. The summed E-state index contributed by atoms with van der Waals surface area (Å²) in [6.07, 6.45) is 4.73. The van der Waals surface area contributed by atoms with Gasteiger partial charge in [-0.05, 0) is 25.5 Å². The monoisotopic (exact) mass is 460 g/mol. The van der Waals surface area contributed by atoms with Crippen molar-refractivity contribution in [2.24, 2.45) is 0 Å². The van der Waals surface area contributed by atoms with Crippen LogP contribution in [-0.2, 0) is 4.74 Å². The molecule has 0 radical (unpaired) electrons. The Labute approximate surface area is 195 Å². The van der Waals surface area contributed by atoms with E-state index in [2.05, 4.69) is 35.1 Å². The van der Waals surface area contributed by atoms with Crippen LogP contribution in [0.25, 0.3) is 10.9 Å². The molecular formula is C23H24N8O3. The molecule has 11 nitrogen and oxygen atoms in total. The van der Waals surface area contributed by atoms with Crippen LogP contribution in [0.5, 0.6) is 17.4 Å². The van der Waals surface area contributed by atoms with E-state index in [9.17, 15) is 5.11 Å². The molecule has 1 aromatic carbocycles. The van der Waals surface area contributed by atoms with Crippen LogP contribution in [0.15, 0.2) is 36.9 Å². The van der Waals surface area contributed by atoms with Crippen molar-refractivity contribution in [1.82, 2.24) is 24.9 Å². The molecule has 4 N–H and O–H groups in total. The van der Waals surface area contributed by atoms with Crippen LogP contribution >= 0.6 is 0 Å². The molecule has 0 saturated carbocycles. The Balaban J connectivity index is 1.53. The van der Waals surface area contributed by atoms with Crippen molar-refractivity contribution in [3.8, 4) is 17.4 Å². The van der Waals surface area contributed by atoms with E-state index in [-0.39, 0.29) is 17.4 Å². The van der Waals surface area contributed by atoms with Crippen molar-refractivity contribution in [3.63, 3.8) is 0 Å². The van der Waals surface area contributed by atoms with Gasteiger partial charge in [-0.25, -0.2) is 15.0 Å². The first kappa shape index (κ1) is 21.6. The first-order chi connectivity index (χ1) is 16.5. The number of nitrogens with two attached hydrogens (primary N) is 1. The molecule has 34 heavy (non-hydrogen) atoms. The average Bonchev–Trinajstić information content (AvgIpc) is 2.85. The average molecular weight is 460 g/mol. The Morgan fingerprint density at radius 1 is 1.09 bits per heavy atom. The smallest absolute Gasteiger partial charge is 0.234 e. The van der Waals surface area contributed by atoms with Gasteiger partial charge in [0.1, 0.15) is 40.7 Å². The third-order valence-electron chi connectivity index (χ3n) is 5.60. The van der Waals surface area contributed by atoms with E-state index >= 15 is 0 Å². The van der Waals surface area contributed by atoms with Crippen molar-refractivity contribution in [1.29, 1.82) is 0 Å². The van der Waals surface area contributed by atoms with Gasteiger partial charge in [-0.3, -0.25) is 4.98 Å². The fourth-order valence-corrected chi connectivity index (χ4v) is 3.77. The second kappa shape index (κ2) is 8.94. The van der Waals surface area contributed by atoms with Crippen molar-refractivity contribution in [3.05, 3.63) is 48.0 Å². The summed E-state index contributed by atoms with van der Waals surface area (Å²) in [6.45, 7) is 6.47. The van der Waals surface area contributed by atoms with E-state index in [0.717, 1.165) is 24.5 Å². The van der Waals surface area contributed by atoms with Crippen molar-refractivity contribution in [2.45, 2.75) is 13.8 Å². The number of nitrogen functional groups attached to an aromatic ring is 1. The number of rotatable bonds is 5. The first-order valence-corrected chi connectivity index (χ1v) is 10.8. The van der Waals surface area contributed by atoms with Crippen LogP contribution in [0, 0.1) is 13.8 Å². The van der Waals surface area contributed by atoms with E-state index in [1.807, 2.05) is 6.92 Å². The van der Waals surface area contributed by atoms with Crippen LogP contribution in [0.1, 0.15) is 11.1 Å². The fraction of sp³-hybridized carbons (Fsp3) is 0.261. The zero-order valence-electron chi connectivity index (χ0n) is 18.8. The third-order valence-corrected chi connectivity index (χ3v) is 5.60. The number of anilines is 4. The van der Waals surface area contributed by atoms with Gasteiger partial charge in [-0.2, -0.15) is 4.98 Å². The summed E-state index contributed by atoms with van der Waals surface area (Å²) in [5.74, 6) is 2.79. The summed E-state index contributed by atoms with van der Waals surface area (Å²) >= 11 is 0. The van der Waals surface area contributed by atoms with Crippen LogP contribution in [0.3, 0.4) is 0 Å². The minimum absolute atomic E-state index is 0.124. The van der Waals surface area contributed by atoms with Crippen LogP contribution in [0.2, 0.25) is 0 Å². The van der Waals surface area contributed by atoms with E-state index in [0.29, 0.717) is 47.1 Å². The lowest BCUT2D eigenvalue weighted by atomic mass is 10.1. The van der Waals surface area contributed by atoms with Crippen molar-refractivity contribution in [2.75, 3.05) is 42.3 Å². The minimum atomic E-state index is 0.124. The number of aromatic hydroxyl groups is 1. The molecule has 1 aliphatic rings. The predicted octanol–water partition coefficient (Wildman–Crippen LogP) is 3.09. The number of ether oxygens (including phenoxy) is 2. The summed E-state index contributed by atoms with van der Waals surface area (Å²) < 4.78 is 11.6. The number of nitrogens with one attached hydrogen (secondary N) is 1. The molecule has 0 spiro atoms. The van der Waals surface area contributed by atoms with Gasteiger partial charge in [-0.15, -0.1) is 0 Å². The normalized spacial score (nSPS) is 13.8. The molecule has 0 atom stereocenters. The lowest BCUT2D eigenvalue weighted by Crippen LogP contribution is -2.36. The molecule has 0 unspecified atom stereocenters. The summed E-state index contributed by atoms with van der Waals surface area (Å²) in [5, 5.41) is 13.8. The van der Waals surface area contributed by atoms with Crippen molar-refractivity contribution < 1.29 is 14.6 Å². The highest BCUT2D eigenvalue weighted by Crippen LogP contribution is 2.37.